The third-order valence-electron chi connectivity index (χ3n) is 5.49. The molecule has 5 nitrogen and oxygen atoms in total. The molecule has 1 aromatic carbocycles. The third-order valence-corrected chi connectivity index (χ3v) is 5.79. The van der Waals surface area contributed by atoms with Crippen LogP contribution in [0.4, 0.5) is 5.69 Å². The topological polar surface area (TPSA) is 56.8 Å². The quantitative estimate of drug-likeness (QED) is 0.586. The minimum atomic E-state index is -0.750. The van der Waals surface area contributed by atoms with Crippen LogP contribution in [0, 0.1) is 5.92 Å². The lowest BCUT2D eigenvalue weighted by Crippen LogP contribution is -2.48. The molecule has 1 amide bonds. The van der Waals surface area contributed by atoms with Crippen LogP contribution in [0.2, 0.25) is 5.02 Å². The minimum absolute atomic E-state index is 0.0903. The van der Waals surface area contributed by atoms with Crippen molar-refractivity contribution in [2.75, 3.05) is 25.6 Å². The van der Waals surface area contributed by atoms with E-state index in [0.29, 0.717) is 35.6 Å². The van der Waals surface area contributed by atoms with E-state index in [2.05, 4.69) is 12.2 Å². The maximum Gasteiger partial charge on any atom is 0.256 e. The van der Waals surface area contributed by atoms with Gasteiger partial charge in [0.2, 0.25) is 0 Å². The lowest BCUT2D eigenvalue weighted by Gasteiger charge is -2.38. The van der Waals surface area contributed by atoms with Gasteiger partial charge in [-0.3, -0.25) is 4.79 Å². The SMILES string of the molecule is CCO[C@]1(C(=O)Nc2ccc(OCCC(C)(C)OC)c(Cl)c2)CCC[C@@H](C)C1. The summed E-state index contributed by atoms with van der Waals surface area (Å²) in [4.78, 5) is 13.0. The summed E-state index contributed by atoms with van der Waals surface area (Å²) < 4.78 is 17.1. The van der Waals surface area contributed by atoms with Gasteiger partial charge in [-0.1, -0.05) is 24.9 Å². The van der Waals surface area contributed by atoms with E-state index in [9.17, 15) is 4.79 Å². The highest BCUT2D eigenvalue weighted by Crippen LogP contribution is 2.37. The number of carbonyl (C=O) groups excluding carboxylic acids is 1. The van der Waals surface area contributed by atoms with Crippen molar-refractivity contribution < 1.29 is 19.0 Å². The number of amides is 1. The normalized spacial score (nSPS) is 22.7. The fourth-order valence-corrected chi connectivity index (χ4v) is 3.87. The van der Waals surface area contributed by atoms with Crippen LogP contribution >= 0.6 is 11.6 Å². The predicted molar refractivity (Wildman–Crippen MR) is 113 cm³/mol. The molecule has 1 saturated carbocycles. The van der Waals surface area contributed by atoms with Crippen LogP contribution in [0.1, 0.15) is 59.8 Å². The van der Waals surface area contributed by atoms with Gasteiger partial charge in [0.05, 0.1) is 17.2 Å². The van der Waals surface area contributed by atoms with Crippen molar-refractivity contribution in [3.63, 3.8) is 0 Å². The Balaban J connectivity index is 2.01. The first kappa shape index (κ1) is 23.0. The van der Waals surface area contributed by atoms with Gasteiger partial charge in [-0.2, -0.15) is 0 Å². The van der Waals surface area contributed by atoms with E-state index in [1.54, 1.807) is 19.2 Å². The molecule has 1 aromatic rings. The van der Waals surface area contributed by atoms with Crippen LogP contribution in [0.25, 0.3) is 0 Å². The molecule has 0 radical (unpaired) electrons. The van der Waals surface area contributed by atoms with E-state index in [4.69, 9.17) is 25.8 Å². The van der Waals surface area contributed by atoms with Crippen molar-refractivity contribution in [1.29, 1.82) is 0 Å². The number of rotatable bonds is 9. The molecule has 0 bridgehead atoms. The van der Waals surface area contributed by atoms with Gasteiger partial charge in [0, 0.05) is 25.8 Å². The summed E-state index contributed by atoms with van der Waals surface area (Å²) in [5.74, 6) is 0.978. The molecule has 0 saturated heterocycles. The highest BCUT2D eigenvalue weighted by Gasteiger charge is 2.42. The largest absolute Gasteiger partial charge is 0.492 e. The van der Waals surface area contributed by atoms with Crippen LogP contribution in [0.3, 0.4) is 0 Å². The second-order valence-corrected chi connectivity index (χ2v) is 8.70. The van der Waals surface area contributed by atoms with Gasteiger partial charge < -0.3 is 19.5 Å². The number of nitrogens with one attached hydrogen (secondary N) is 1. The van der Waals surface area contributed by atoms with Crippen molar-refractivity contribution in [2.45, 2.75) is 71.0 Å². The predicted octanol–water partition coefficient (Wildman–Crippen LogP) is 5.46. The van der Waals surface area contributed by atoms with Gasteiger partial charge in [-0.15, -0.1) is 0 Å². The Hall–Kier alpha value is -1.30. The van der Waals surface area contributed by atoms with Crippen molar-refractivity contribution >= 4 is 23.2 Å². The minimum Gasteiger partial charge on any atom is -0.492 e. The first-order chi connectivity index (χ1) is 13.2. The summed E-state index contributed by atoms with van der Waals surface area (Å²) in [6.07, 6.45) is 4.38. The van der Waals surface area contributed by atoms with Crippen molar-refractivity contribution in [2.24, 2.45) is 5.92 Å². The van der Waals surface area contributed by atoms with Crippen LogP contribution in [-0.4, -0.2) is 37.4 Å². The summed E-state index contributed by atoms with van der Waals surface area (Å²) in [5, 5.41) is 3.46. The average molecular weight is 412 g/mol. The molecule has 0 aliphatic heterocycles. The van der Waals surface area contributed by atoms with E-state index in [-0.39, 0.29) is 11.5 Å². The zero-order valence-corrected chi connectivity index (χ0v) is 18.5. The summed E-state index contributed by atoms with van der Waals surface area (Å²) in [6, 6.07) is 5.32. The highest BCUT2D eigenvalue weighted by atomic mass is 35.5. The number of benzene rings is 1. The van der Waals surface area contributed by atoms with E-state index >= 15 is 0 Å². The molecule has 0 aromatic heterocycles. The Bertz CT molecular complexity index is 660. The average Bonchev–Trinajstić information content (AvgIpc) is 2.63. The number of hydrogen-bond donors (Lipinski definition) is 1. The molecule has 0 unspecified atom stereocenters. The van der Waals surface area contributed by atoms with Gasteiger partial charge in [0.15, 0.2) is 0 Å². The summed E-state index contributed by atoms with van der Waals surface area (Å²) in [7, 11) is 1.69. The number of ether oxygens (including phenoxy) is 3. The van der Waals surface area contributed by atoms with E-state index in [0.717, 1.165) is 32.1 Å². The molecule has 6 heteroatoms. The fourth-order valence-electron chi connectivity index (χ4n) is 3.63. The fraction of sp³-hybridized carbons (Fsp3) is 0.682. The molecule has 2 rings (SSSR count). The van der Waals surface area contributed by atoms with Gasteiger partial charge in [-0.05, 0) is 64.2 Å². The second-order valence-electron chi connectivity index (χ2n) is 8.29. The number of hydrogen-bond acceptors (Lipinski definition) is 4. The van der Waals surface area contributed by atoms with Crippen LogP contribution in [0.5, 0.6) is 5.75 Å². The molecular formula is C22H34ClNO4. The van der Waals surface area contributed by atoms with E-state index in [1.807, 2.05) is 26.8 Å². The maximum atomic E-state index is 13.0. The first-order valence-electron chi connectivity index (χ1n) is 10.1. The molecule has 1 fully saturated rings. The van der Waals surface area contributed by atoms with E-state index < -0.39 is 5.60 Å². The maximum absolute atomic E-state index is 13.0. The smallest absolute Gasteiger partial charge is 0.256 e. The Kier molecular flexibility index (Phi) is 8.17. The molecule has 28 heavy (non-hydrogen) atoms. The monoisotopic (exact) mass is 411 g/mol. The van der Waals surface area contributed by atoms with Gasteiger partial charge >= 0.3 is 0 Å². The summed E-state index contributed by atoms with van der Waals surface area (Å²) in [5.41, 5.74) is -0.345. The number of carbonyl (C=O) groups is 1. The number of halogens is 1. The van der Waals surface area contributed by atoms with Crippen molar-refractivity contribution in [1.82, 2.24) is 0 Å². The lowest BCUT2D eigenvalue weighted by molar-refractivity contribution is -0.147. The van der Waals surface area contributed by atoms with Crippen LogP contribution < -0.4 is 10.1 Å². The van der Waals surface area contributed by atoms with Crippen molar-refractivity contribution in [3.8, 4) is 5.75 Å². The summed E-state index contributed by atoms with van der Waals surface area (Å²) in [6.45, 7) is 9.15. The Morgan fingerprint density at radius 1 is 1.39 bits per heavy atom. The molecule has 0 spiro atoms. The Labute approximate surface area is 174 Å². The summed E-state index contributed by atoms with van der Waals surface area (Å²) >= 11 is 6.36. The van der Waals surface area contributed by atoms with Crippen LogP contribution in [-0.2, 0) is 14.3 Å². The molecule has 1 N–H and O–H groups in total. The highest BCUT2D eigenvalue weighted by molar-refractivity contribution is 6.32. The number of anilines is 1. The van der Waals surface area contributed by atoms with E-state index in [1.165, 1.54) is 0 Å². The molecule has 0 heterocycles. The van der Waals surface area contributed by atoms with Crippen molar-refractivity contribution in [3.05, 3.63) is 23.2 Å². The lowest BCUT2D eigenvalue weighted by atomic mass is 9.78. The zero-order valence-electron chi connectivity index (χ0n) is 17.8. The Morgan fingerprint density at radius 2 is 2.14 bits per heavy atom. The van der Waals surface area contributed by atoms with Gasteiger partial charge in [-0.25, -0.2) is 0 Å². The molecular weight excluding hydrogens is 378 g/mol. The van der Waals surface area contributed by atoms with Gasteiger partial charge in [0.1, 0.15) is 11.4 Å². The second kappa shape index (κ2) is 9.95. The molecule has 2 atom stereocenters. The third kappa shape index (κ3) is 6.10. The first-order valence-corrected chi connectivity index (χ1v) is 10.5. The Morgan fingerprint density at radius 3 is 2.75 bits per heavy atom. The molecule has 1 aliphatic carbocycles. The molecule has 158 valence electrons. The number of methoxy groups -OCH3 is 1. The molecule has 1 aliphatic rings. The zero-order chi connectivity index (χ0) is 20.8. The van der Waals surface area contributed by atoms with Crippen LogP contribution in [0.15, 0.2) is 18.2 Å². The van der Waals surface area contributed by atoms with Gasteiger partial charge in [0.25, 0.3) is 5.91 Å². The standard InChI is InChI=1S/C22H34ClNO4/c1-6-28-22(11-7-8-16(2)15-22)20(25)24-17-9-10-19(18(23)14-17)27-13-12-21(3,4)26-5/h9-10,14,16H,6-8,11-13,15H2,1-5H3,(H,24,25)/t16-,22-/m1/s1.